The number of hydrogen-bond acceptors (Lipinski definition) is 4. The van der Waals surface area contributed by atoms with E-state index in [2.05, 4.69) is 20.3 Å². The van der Waals surface area contributed by atoms with Crippen LogP contribution >= 0.6 is 0 Å². The molecule has 31 heavy (non-hydrogen) atoms. The Balaban J connectivity index is 1.57. The number of likely N-dealkylation sites (tertiary alicyclic amines) is 1. The van der Waals surface area contributed by atoms with Crippen molar-refractivity contribution < 1.29 is 18.0 Å². The Morgan fingerprint density at radius 1 is 1.06 bits per heavy atom. The number of amides is 3. The molecular weight excluding hydrogens is 418 g/mol. The summed E-state index contributed by atoms with van der Waals surface area (Å²) in [6.45, 7) is 2.40. The summed E-state index contributed by atoms with van der Waals surface area (Å²) in [5.41, 5.74) is 1.91. The fourth-order valence-corrected chi connectivity index (χ4v) is 4.24. The number of carbonyl (C=O) groups is 2. The normalized spacial score (nSPS) is 15.0. The Morgan fingerprint density at radius 3 is 2.45 bits per heavy atom. The second-order valence-corrected chi connectivity index (χ2v) is 8.86. The molecule has 3 rings (SSSR count). The molecule has 0 radical (unpaired) electrons. The van der Waals surface area contributed by atoms with Crippen LogP contribution in [-0.2, 0) is 14.8 Å². The molecule has 0 saturated carbocycles. The zero-order valence-electron chi connectivity index (χ0n) is 17.4. The minimum absolute atomic E-state index is 0.0109. The Bertz CT molecular complexity index is 1110. The number of urea groups is 1. The highest BCUT2D eigenvalue weighted by Crippen LogP contribution is 2.20. The molecule has 0 aromatic heterocycles. The van der Waals surface area contributed by atoms with Crippen LogP contribution in [0.15, 0.2) is 57.8 Å². The molecule has 0 bridgehead atoms. The monoisotopic (exact) mass is 443 g/mol. The molecular formula is C21H25N5O4S. The zero-order valence-corrected chi connectivity index (χ0v) is 18.2. The number of nitrogens with one attached hydrogen (secondary N) is 3. The molecule has 3 N–H and O–H groups in total. The summed E-state index contributed by atoms with van der Waals surface area (Å²) >= 11 is 0. The van der Waals surface area contributed by atoms with E-state index in [4.69, 9.17) is 0 Å². The van der Waals surface area contributed by atoms with Crippen LogP contribution in [0.4, 0.5) is 16.2 Å². The Labute approximate surface area is 181 Å². The van der Waals surface area contributed by atoms with Crippen LogP contribution in [0.25, 0.3) is 0 Å². The summed E-state index contributed by atoms with van der Waals surface area (Å²) in [6.07, 6.45) is 1.48. The van der Waals surface area contributed by atoms with Crippen LogP contribution in [0.2, 0.25) is 0 Å². The van der Waals surface area contributed by atoms with E-state index in [-0.39, 0.29) is 11.4 Å². The van der Waals surface area contributed by atoms with Gasteiger partial charge in [-0.15, -0.1) is 4.40 Å². The maximum Gasteiger partial charge on any atom is 0.319 e. The third kappa shape index (κ3) is 6.29. The van der Waals surface area contributed by atoms with E-state index in [0.717, 1.165) is 18.5 Å². The zero-order chi connectivity index (χ0) is 22.4. The van der Waals surface area contributed by atoms with Gasteiger partial charge in [0.2, 0.25) is 5.91 Å². The van der Waals surface area contributed by atoms with Gasteiger partial charge >= 0.3 is 6.03 Å². The van der Waals surface area contributed by atoms with E-state index in [9.17, 15) is 18.0 Å². The number of anilines is 2. The maximum absolute atomic E-state index is 12.6. The molecule has 1 heterocycles. The fourth-order valence-electron chi connectivity index (χ4n) is 3.10. The van der Waals surface area contributed by atoms with Crippen molar-refractivity contribution in [2.45, 2.75) is 24.7 Å². The third-order valence-corrected chi connectivity index (χ3v) is 5.96. The fraction of sp³-hybridized carbons (Fsp3) is 0.286. The van der Waals surface area contributed by atoms with Gasteiger partial charge in [-0.25, -0.2) is 4.79 Å². The molecule has 0 aliphatic carbocycles. The second kappa shape index (κ2) is 9.61. The molecule has 1 fully saturated rings. The van der Waals surface area contributed by atoms with Crippen LogP contribution in [0.3, 0.4) is 0 Å². The van der Waals surface area contributed by atoms with Gasteiger partial charge in [-0.2, -0.15) is 8.42 Å². The molecule has 0 unspecified atom stereocenters. The van der Waals surface area contributed by atoms with Gasteiger partial charge < -0.3 is 20.9 Å². The van der Waals surface area contributed by atoms with Gasteiger partial charge in [0.05, 0.1) is 11.4 Å². The van der Waals surface area contributed by atoms with Crippen molar-refractivity contribution in [3.8, 4) is 0 Å². The molecule has 2 aromatic carbocycles. The number of nitrogens with zero attached hydrogens (tertiary/aromatic N) is 2. The Kier molecular flexibility index (Phi) is 6.91. The van der Waals surface area contributed by atoms with Crippen molar-refractivity contribution in [1.29, 1.82) is 0 Å². The molecule has 10 heteroatoms. The smallest absolute Gasteiger partial charge is 0.319 e. The molecule has 3 amide bonds. The van der Waals surface area contributed by atoms with E-state index in [1.807, 2.05) is 24.0 Å². The van der Waals surface area contributed by atoms with Crippen LogP contribution in [0.5, 0.6) is 0 Å². The topological polar surface area (TPSA) is 120 Å². The average molecular weight is 444 g/mol. The summed E-state index contributed by atoms with van der Waals surface area (Å²) < 4.78 is 29.1. The van der Waals surface area contributed by atoms with Crippen molar-refractivity contribution in [2.24, 2.45) is 4.40 Å². The molecule has 164 valence electrons. The number of benzene rings is 2. The number of aryl methyl sites for hydroxylation is 1. The summed E-state index contributed by atoms with van der Waals surface area (Å²) in [5, 5.41) is 7.68. The van der Waals surface area contributed by atoms with E-state index in [0.29, 0.717) is 23.6 Å². The molecule has 1 saturated heterocycles. The first-order valence-electron chi connectivity index (χ1n) is 9.79. The second-order valence-electron chi connectivity index (χ2n) is 7.26. The van der Waals surface area contributed by atoms with Gasteiger partial charge in [0.25, 0.3) is 10.0 Å². The van der Waals surface area contributed by atoms with Gasteiger partial charge in [0, 0.05) is 31.4 Å². The summed E-state index contributed by atoms with van der Waals surface area (Å²) in [6, 6.07) is 12.6. The minimum atomic E-state index is -3.88. The summed E-state index contributed by atoms with van der Waals surface area (Å²) in [4.78, 5) is 25.9. The lowest BCUT2D eigenvalue weighted by atomic mass is 10.2. The van der Waals surface area contributed by atoms with Crippen LogP contribution in [0.1, 0.15) is 18.4 Å². The first kappa shape index (κ1) is 22.3. The highest BCUT2D eigenvalue weighted by Gasteiger charge is 2.20. The maximum atomic E-state index is 12.6. The van der Waals surface area contributed by atoms with Crippen molar-refractivity contribution in [2.75, 3.05) is 30.8 Å². The predicted molar refractivity (Wildman–Crippen MR) is 120 cm³/mol. The van der Waals surface area contributed by atoms with Gasteiger partial charge in [0.15, 0.2) is 0 Å². The predicted octanol–water partition coefficient (Wildman–Crippen LogP) is 2.57. The summed E-state index contributed by atoms with van der Waals surface area (Å²) in [5.74, 6) is 0.0361. The first-order valence-corrected chi connectivity index (χ1v) is 11.2. The molecule has 2 aromatic rings. The van der Waals surface area contributed by atoms with Crippen LogP contribution in [-0.4, -0.2) is 51.2 Å². The first-order chi connectivity index (χ1) is 14.7. The van der Waals surface area contributed by atoms with Crippen LogP contribution in [0, 0.1) is 6.92 Å². The van der Waals surface area contributed by atoms with E-state index in [1.165, 1.54) is 18.2 Å². The SMILES string of the molecule is Cc1cccc(NC(=O)NCC(=O)Nc2cccc(S(=O)(=O)N=C3CCCN3C)c2)c1. The number of carbonyl (C=O) groups excluding carboxylic acids is 2. The number of rotatable bonds is 6. The van der Waals surface area contributed by atoms with Crippen molar-refractivity contribution in [3.05, 3.63) is 54.1 Å². The van der Waals surface area contributed by atoms with Crippen LogP contribution < -0.4 is 16.0 Å². The van der Waals surface area contributed by atoms with E-state index in [1.54, 1.807) is 25.2 Å². The molecule has 9 nitrogen and oxygen atoms in total. The lowest BCUT2D eigenvalue weighted by molar-refractivity contribution is -0.115. The lowest BCUT2D eigenvalue weighted by Gasteiger charge is -2.11. The third-order valence-electron chi connectivity index (χ3n) is 4.66. The van der Waals surface area contributed by atoms with Gasteiger partial charge in [-0.05, 0) is 49.2 Å². The Hall–Kier alpha value is -3.40. The van der Waals surface area contributed by atoms with Gasteiger partial charge in [-0.1, -0.05) is 18.2 Å². The van der Waals surface area contributed by atoms with Crippen molar-refractivity contribution in [3.63, 3.8) is 0 Å². The van der Waals surface area contributed by atoms with Gasteiger partial charge in [0.1, 0.15) is 5.84 Å². The quantitative estimate of drug-likeness (QED) is 0.634. The molecule has 1 aliphatic rings. The van der Waals surface area contributed by atoms with E-state index < -0.39 is 22.0 Å². The molecule has 0 atom stereocenters. The average Bonchev–Trinajstić information content (AvgIpc) is 3.10. The highest BCUT2D eigenvalue weighted by atomic mass is 32.2. The number of amidine groups is 1. The number of hydrogen-bond donors (Lipinski definition) is 3. The number of sulfonamides is 1. The van der Waals surface area contributed by atoms with Crippen molar-refractivity contribution >= 4 is 39.2 Å². The standard InChI is InChI=1S/C21H25N5O4S/c1-15-6-3-7-16(12-15)24-21(28)22-14-20(27)23-17-8-4-9-18(13-17)31(29,30)25-19-10-5-11-26(19)2/h3-4,6-9,12-13H,5,10-11,14H2,1-2H3,(H,23,27)(H2,22,24,28). The van der Waals surface area contributed by atoms with Gasteiger partial charge in [-0.3, -0.25) is 4.79 Å². The highest BCUT2D eigenvalue weighted by molar-refractivity contribution is 7.90. The lowest BCUT2D eigenvalue weighted by Crippen LogP contribution is -2.35. The summed E-state index contributed by atoms with van der Waals surface area (Å²) in [7, 11) is -2.08. The van der Waals surface area contributed by atoms with E-state index >= 15 is 0 Å². The van der Waals surface area contributed by atoms with Crippen molar-refractivity contribution in [1.82, 2.24) is 10.2 Å². The molecule has 0 spiro atoms. The minimum Gasteiger partial charge on any atom is -0.362 e. The largest absolute Gasteiger partial charge is 0.362 e. The molecule has 1 aliphatic heterocycles. The Morgan fingerprint density at radius 2 is 1.77 bits per heavy atom.